The molecule has 0 bridgehead atoms. The smallest absolute Gasteiger partial charge is 0.101 e. The van der Waals surface area contributed by atoms with Gasteiger partial charge in [0.05, 0.1) is 10.6 Å². The zero-order chi connectivity index (χ0) is 11.5. The third-order valence-electron chi connectivity index (χ3n) is 3.36. The van der Waals surface area contributed by atoms with Crippen molar-refractivity contribution in [1.29, 1.82) is 5.26 Å². The lowest BCUT2D eigenvalue weighted by Gasteiger charge is -2.26. The highest BCUT2D eigenvalue weighted by Gasteiger charge is 2.20. The third kappa shape index (κ3) is 2.37. The van der Waals surface area contributed by atoms with Crippen LogP contribution in [0, 0.1) is 11.3 Å². The molecule has 1 aromatic carbocycles. The molecule has 0 atom stereocenters. The van der Waals surface area contributed by atoms with Crippen LogP contribution in [-0.2, 0) is 0 Å². The van der Waals surface area contributed by atoms with Gasteiger partial charge in [0, 0.05) is 6.04 Å². The SMILES string of the molecule is N#Cc1ccc(C2CCC(N)CC2)cc1Cl. The molecule has 16 heavy (non-hydrogen) atoms. The maximum Gasteiger partial charge on any atom is 0.101 e. The van der Waals surface area contributed by atoms with Crippen LogP contribution in [0.15, 0.2) is 18.2 Å². The predicted molar refractivity (Wildman–Crippen MR) is 65.4 cm³/mol. The van der Waals surface area contributed by atoms with Gasteiger partial charge < -0.3 is 5.73 Å². The van der Waals surface area contributed by atoms with Crippen molar-refractivity contribution in [2.45, 2.75) is 37.6 Å². The van der Waals surface area contributed by atoms with Gasteiger partial charge in [0.1, 0.15) is 6.07 Å². The summed E-state index contributed by atoms with van der Waals surface area (Å²) in [6.45, 7) is 0. The van der Waals surface area contributed by atoms with E-state index in [9.17, 15) is 0 Å². The zero-order valence-electron chi connectivity index (χ0n) is 9.12. The molecule has 84 valence electrons. The maximum atomic E-state index is 8.80. The average molecular weight is 235 g/mol. The second-order valence-corrected chi connectivity index (χ2v) is 4.87. The monoisotopic (exact) mass is 234 g/mol. The maximum absolute atomic E-state index is 8.80. The van der Waals surface area contributed by atoms with Crippen molar-refractivity contribution in [3.05, 3.63) is 34.3 Å². The Morgan fingerprint density at radius 1 is 1.25 bits per heavy atom. The van der Waals surface area contributed by atoms with E-state index in [1.54, 1.807) is 0 Å². The highest BCUT2D eigenvalue weighted by Crippen LogP contribution is 2.33. The van der Waals surface area contributed by atoms with E-state index >= 15 is 0 Å². The quantitative estimate of drug-likeness (QED) is 0.811. The fraction of sp³-hybridized carbons (Fsp3) is 0.462. The first-order chi connectivity index (χ1) is 7.70. The van der Waals surface area contributed by atoms with E-state index in [-0.39, 0.29) is 0 Å². The molecule has 2 nitrogen and oxygen atoms in total. The van der Waals surface area contributed by atoms with Crippen molar-refractivity contribution in [1.82, 2.24) is 0 Å². The summed E-state index contributed by atoms with van der Waals surface area (Å²) in [7, 11) is 0. The molecule has 0 saturated heterocycles. The van der Waals surface area contributed by atoms with Gasteiger partial charge in [0.2, 0.25) is 0 Å². The van der Waals surface area contributed by atoms with Crippen LogP contribution in [0.25, 0.3) is 0 Å². The molecule has 2 N–H and O–H groups in total. The summed E-state index contributed by atoms with van der Waals surface area (Å²) in [4.78, 5) is 0. The van der Waals surface area contributed by atoms with Crippen LogP contribution in [0.5, 0.6) is 0 Å². The van der Waals surface area contributed by atoms with E-state index in [0.717, 1.165) is 25.7 Å². The van der Waals surface area contributed by atoms with E-state index < -0.39 is 0 Å². The van der Waals surface area contributed by atoms with Crippen molar-refractivity contribution in [2.75, 3.05) is 0 Å². The minimum Gasteiger partial charge on any atom is -0.328 e. The lowest BCUT2D eigenvalue weighted by atomic mass is 9.82. The van der Waals surface area contributed by atoms with Gasteiger partial charge in [-0.15, -0.1) is 0 Å². The molecule has 3 heteroatoms. The molecule has 0 radical (unpaired) electrons. The summed E-state index contributed by atoms with van der Waals surface area (Å²) < 4.78 is 0. The van der Waals surface area contributed by atoms with Crippen LogP contribution in [0.3, 0.4) is 0 Å². The van der Waals surface area contributed by atoms with Gasteiger partial charge in [0.15, 0.2) is 0 Å². The Morgan fingerprint density at radius 3 is 2.50 bits per heavy atom. The molecular formula is C13H15ClN2. The Hall–Kier alpha value is -1.04. The number of hydrogen-bond acceptors (Lipinski definition) is 2. The molecule has 1 saturated carbocycles. The lowest BCUT2D eigenvalue weighted by Crippen LogP contribution is -2.25. The summed E-state index contributed by atoms with van der Waals surface area (Å²) in [5, 5.41) is 9.37. The highest BCUT2D eigenvalue weighted by molar-refractivity contribution is 6.31. The number of benzene rings is 1. The Balaban J connectivity index is 2.16. The number of halogens is 1. The van der Waals surface area contributed by atoms with Crippen LogP contribution in [-0.4, -0.2) is 6.04 Å². The summed E-state index contributed by atoms with van der Waals surface area (Å²) in [6, 6.07) is 8.21. The molecule has 0 aromatic heterocycles. The first-order valence-corrected chi connectivity index (χ1v) is 6.03. The summed E-state index contributed by atoms with van der Waals surface area (Å²) >= 11 is 6.03. The number of nitrogens with zero attached hydrogens (tertiary/aromatic N) is 1. The van der Waals surface area contributed by atoms with E-state index in [4.69, 9.17) is 22.6 Å². The fourth-order valence-electron chi connectivity index (χ4n) is 2.33. The number of hydrogen-bond donors (Lipinski definition) is 1. The molecule has 1 aliphatic rings. The molecule has 0 aliphatic heterocycles. The minimum absolute atomic E-state index is 0.366. The van der Waals surface area contributed by atoms with Crippen molar-refractivity contribution < 1.29 is 0 Å². The van der Waals surface area contributed by atoms with Crippen LogP contribution in [0.4, 0.5) is 0 Å². The van der Waals surface area contributed by atoms with Gasteiger partial charge in [-0.25, -0.2) is 0 Å². The average Bonchev–Trinajstić information content (AvgIpc) is 2.30. The van der Waals surface area contributed by atoms with E-state index in [2.05, 4.69) is 6.07 Å². The summed E-state index contributed by atoms with van der Waals surface area (Å²) in [5.41, 5.74) is 7.68. The fourth-order valence-corrected chi connectivity index (χ4v) is 2.56. The molecule has 1 aliphatic carbocycles. The first-order valence-electron chi connectivity index (χ1n) is 5.66. The molecule has 0 spiro atoms. The Kier molecular flexibility index (Phi) is 3.48. The van der Waals surface area contributed by atoms with Crippen LogP contribution < -0.4 is 5.73 Å². The highest BCUT2D eigenvalue weighted by atomic mass is 35.5. The zero-order valence-corrected chi connectivity index (χ0v) is 9.87. The van der Waals surface area contributed by atoms with E-state index in [0.29, 0.717) is 22.5 Å². The van der Waals surface area contributed by atoms with Crippen molar-refractivity contribution in [3.8, 4) is 6.07 Å². The Morgan fingerprint density at radius 2 is 1.94 bits per heavy atom. The molecule has 0 amide bonds. The minimum atomic E-state index is 0.366. The topological polar surface area (TPSA) is 49.8 Å². The van der Waals surface area contributed by atoms with Crippen molar-refractivity contribution >= 4 is 11.6 Å². The van der Waals surface area contributed by atoms with Gasteiger partial charge >= 0.3 is 0 Å². The van der Waals surface area contributed by atoms with Gasteiger partial charge in [-0.2, -0.15) is 5.26 Å². The largest absolute Gasteiger partial charge is 0.328 e. The van der Waals surface area contributed by atoms with Gasteiger partial charge in [-0.1, -0.05) is 17.7 Å². The predicted octanol–water partition coefficient (Wildman–Crippen LogP) is 3.20. The molecule has 0 heterocycles. The second-order valence-electron chi connectivity index (χ2n) is 4.46. The second kappa shape index (κ2) is 4.86. The first kappa shape index (κ1) is 11.4. The number of rotatable bonds is 1. The normalized spacial score (nSPS) is 25.1. The summed E-state index contributed by atoms with van der Waals surface area (Å²) in [6.07, 6.45) is 4.43. The van der Waals surface area contributed by atoms with Gasteiger partial charge in [-0.05, 0) is 49.3 Å². The number of nitriles is 1. The molecule has 1 aromatic rings. The third-order valence-corrected chi connectivity index (χ3v) is 3.67. The summed E-state index contributed by atoms with van der Waals surface area (Å²) in [5.74, 6) is 0.560. The molecule has 1 fully saturated rings. The molecular weight excluding hydrogens is 220 g/mol. The standard InChI is InChI=1S/C13H15ClN2/c14-13-7-10(1-2-11(13)8-15)9-3-5-12(16)6-4-9/h1-2,7,9,12H,3-6,16H2. The van der Waals surface area contributed by atoms with Crippen LogP contribution in [0.1, 0.15) is 42.7 Å². The number of nitrogens with two attached hydrogens (primary N) is 1. The van der Waals surface area contributed by atoms with E-state index in [1.165, 1.54) is 5.56 Å². The Bertz CT molecular complexity index is 414. The van der Waals surface area contributed by atoms with Gasteiger partial charge in [-0.3, -0.25) is 0 Å². The lowest BCUT2D eigenvalue weighted by molar-refractivity contribution is 0.395. The van der Waals surface area contributed by atoms with E-state index in [1.807, 2.05) is 18.2 Å². The van der Waals surface area contributed by atoms with Crippen molar-refractivity contribution in [2.24, 2.45) is 5.73 Å². The van der Waals surface area contributed by atoms with Crippen LogP contribution >= 0.6 is 11.6 Å². The molecule has 0 unspecified atom stereocenters. The van der Waals surface area contributed by atoms with Gasteiger partial charge in [0.25, 0.3) is 0 Å². The molecule has 2 rings (SSSR count). The van der Waals surface area contributed by atoms with Crippen LogP contribution in [0.2, 0.25) is 5.02 Å². The Labute approximate surface area is 101 Å². The van der Waals surface area contributed by atoms with Crippen molar-refractivity contribution in [3.63, 3.8) is 0 Å².